The lowest BCUT2D eigenvalue weighted by Gasteiger charge is -2.37. The molecule has 1 aliphatic heterocycles. The van der Waals surface area contributed by atoms with Crippen molar-refractivity contribution < 1.29 is 13.5 Å². The molecule has 1 aliphatic rings. The van der Waals surface area contributed by atoms with E-state index in [1.807, 2.05) is 30.2 Å². The van der Waals surface area contributed by atoms with Crippen LogP contribution >= 0.6 is 11.3 Å². The molecule has 5 nitrogen and oxygen atoms in total. The molecule has 1 fully saturated rings. The van der Waals surface area contributed by atoms with Crippen molar-refractivity contribution in [3.63, 3.8) is 0 Å². The van der Waals surface area contributed by atoms with Gasteiger partial charge in [0.25, 0.3) is 5.88 Å². The Morgan fingerprint density at radius 2 is 1.67 bits per heavy atom. The van der Waals surface area contributed by atoms with Crippen molar-refractivity contribution in [1.29, 1.82) is 0 Å². The average Bonchev–Trinajstić information content (AvgIpc) is 3.07. The summed E-state index contributed by atoms with van der Waals surface area (Å²) < 4.78 is 32.9. The number of rotatable bonds is 4. The molecule has 0 radical (unpaired) electrons. The minimum atomic E-state index is -0.561. The highest BCUT2D eigenvalue weighted by atomic mass is 32.1. The summed E-state index contributed by atoms with van der Waals surface area (Å²) in [7, 11) is 0. The second-order valence-electron chi connectivity index (χ2n) is 6.73. The maximum Gasteiger partial charge on any atom is 0.258 e. The van der Waals surface area contributed by atoms with Crippen LogP contribution in [0.1, 0.15) is 13.8 Å². The molecule has 0 aliphatic carbocycles. The van der Waals surface area contributed by atoms with Gasteiger partial charge in [-0.25, -0.2) is 18.7 Å². The first-order valence-corrected chi connectivity index (χ1v) is 9.75. The van der Waals surface area contributed by atoms with Gasteiger partial charge in [-0.3, -0.25) is 0 Å². The third-order valence-electron chi connectivity index (χ3n) is 4.38. The van der Waals surface area contributed by atoms with Crippen molar-refractivity contribution in [2.45, 2.75) is 20.0 Å². The lowest BCUT2D eigenvalue weighted by atomic mass is 10.2. The Labute approximate surface area is 160 Å². The third-order valence-corrected chi connectivity index (χ3v) is 5.18. The first-order valence-electron chi connectivity index (χ1n) is 8.87. The van der Waals surface area contributed by atoms with Gasteiger partial charge in [0.2, 0.25) is 0 Å². The summed E-state index contributed by atoms with van der Waals surface area (Å²) >= 11 is 1.54. The molecule has 0 N–H and O–H groups in total. The predicted molar refractivity (Wildman–Crippen MR) is 104 cm³/mol. The van der Waals surface area contributed by atoms with Crippen LogP contribution in [0.4, 0.5) is 20.3 Å². The molecular weight excluding hydrogens is 370 g/mol. The number of benzene rings is 1. The molecule has 2 aromatic heterocycles. The molecule has 0 saturated carbocycles. The maximum atomic E-state index is 13.5. The van der Waals surface area contributed by atoms with Crippen LogP contribution in [0.15, 0.2) is 29.6 Å². The SMILES string of the molecule is CC(C)Oc1nc2ccsc2nc1N1CCN(c2cc(F)cc(F)c2)CC1. The quantitative estimate of drug-likeness (QED) is 0.671. The van der Waals surface area contributed by atoms with Gasteiger partial charge >= 0.3 is 0 Å². The number of piperazine rings is 1. The highest BCUT2D eigenvalue weighted by molar-refractivity contribution is 7.16. The highest BCUT2D eigenvalue weighted by Gasteiger charge is 2.24. The Bertz CT molecular complexity index is 934. The number of thiophene rings is 1. The molecule has 27 heavy (non-hydrogen) atoms. The van der Waals surface area contributed by atoms with Crippen molar-refractivity contribution in [1.82, 2.24) is 9.97 Å². The summed E-state index contributed by atoms with van der Waals surface area (Å²) in [6.45, 7) is 6.51. The molecule has 0 bridgehead atoms. The van der Waals surface area contributed by atoms with Crippen LogP contribution in [-0.4, -0.2) is 42.3 Å². The molecule has 142 valence electrons. The molecule has 0 amide bonds. The van der Waals surface area contributed by atoms with Gasteiger partial charge in [-0.05, 0) is 37.4 Å². The van der Waals surface area contributed by atoms with E-state index in [1.165, 1.54) is 12.1 Å². The average molecular weight is 390 g/mol. The van der Waals surface area contributed by atoms with E-state index in [0.717, 1.165) is 22.2 Å². The van der Waals surface area contributed by atoms with Gasteiger partial charge in [0, 0.05) is 37.9 Å². The molecule has 0 atom stereocenters. The van der Waals surface area contributed by atoms with E-state index in [1.54, 1.807) is 11.3 Å². The summed E-state index contributed by atoms with van der Waals surface area (Å²) in [6, 6.07) is 5.55. The topological polar surface area (TPSA) is 41.5 Å². The number of halogens is 2. The summed E-state index contributed by atoms with van der Waals surface area (Å²) in [5.41, 5.74) is 1.39. The van der Waals surface area contributed by atoms with Gasteiger partial charge in [-0.2, -0.15) is 0 Å². The smallest absolute Gasteiger partial charge is 0.258 e. The second-order valence-corrected chi connectivity index (χ2v) is 7.63. The molecule has 3 heterocycles. The molecule has 8 heteroatoms. The maximum absolute atomic E-state index is 13.5. The largest absolute Gasteiger partial charge is 0.472 e. The van der Waals surface area contributed by atoms with Crippen molar-refractivity contribution in [3.05, 3.63) is 41.3 Å². The zero-order valence-corrected chi connectivity index (χ0v) is 16.0. The van der Waals surface area contributed by atoms with Crippen molar-refractivity contribution in [3.8, 4) is 5.88 Å². The number of aromatic nitrogens is 2. The van der Waals surface area contributed by atoms with E-state index >= 15 is 0 Å². The Morgan fingerprint density at radius 1 is 1.00 bits per heavy atom. The molecule has 0 spiro atoms. The summed E-state index contributed by atoms with van der Waals surface area (Å²) in [6.07, 6.45) is -0.00862. The number of hydrogen-bond donors (Lipinski definition) is 0. The number of ether oxygens (including phenoxy) is 1. The monoisotopic (exact) mass is 390 g/mol. The highest BCUT2D eigenvalue weighted by Crippen LogP contribution is 2.31. The van der Waals surface area contributed by atoms with E-state index in [9.17, 15) is 8.78 Å². The van der Waals surface area contributed by atoms with Gasteiger partial charge in [0.1, 0.15) is 22.0 Å². The number of fused-ring (bicyclic) bond motifs is 1. The van der Waals surface area contributed by atoms with Crippen LogP contribution in [0.5, 0.6) is 5.88 Å². The molecule has 0 unspecified atom stereocenters. The Kier molecular flexibility index (Phi) is 4.82. The summed E-state index contributed by atoms with van der Waals surface area (Å²) in [4.78, 5) is 14.3. The van der Waals surface area contributed by atoms with Crippen molar-refractivity contribution >= 4 is 33.2 Å². The number of hydrogen-bond acceptors (Lipinski definition) is 6. The van der Waals surface area contributed by atoms with Crippen molar-refractivity contribution in [2.24, 2.45) is 0 Å². The predicted octanol–water partition coefficient (Wildman–Crippen LogP) is 4.08. The van der Waals surface area contributed by atoms with Gasteiger partial charge in [-0.1, -0.05) is 0 Å². The first kappa shape index (κ1) is 17.9. The van der Waals surface area contributed by atoms with Gasteiger partial charge in [0.15, 0.2) is 5.82 Å². The van der Waals surface area contributed by atoms with Crippen LogP contribution in [0.2, 0.25) is 0 Å². The molecule has 3 aromatic rings. The standard InChI is InChI=1S/C19H20F2N4OS/c1-12(2)26-18-17(23-19-16(22-18)3-8-27-19)25-6-4-24(5-7-25)15-10-13(20)9-14(21)11-15/h3,8-12H,4-7H2,1-2H3. The van der Waals surface area contributed by atoms with Crippen molar-refractivity contribution in [2.75, 3.05) is 36.0 Å². The van der Waals surface area contributed by atoms with Gasteiger partial charge in [-0.15, -0.1) is 11.3 Å². The first-order chi connectivity index (χ1) is 13.0. The zero-order chi connectivity index (χ0) is 19.0. The van der Waals surface area contributed by atoms with E-state index in [4.69, 9.17) is 9.72 Å². The zero-order valence-electron chi connectivity index (χ0n) is 15.2. The van der Waals surface area contributed by atoms with Crippen LogP contribution < -0.4 is 14.5 Å². The molecular formula is C19H20F2N4OS. The number of anilines is 2. The third kappa shape index (κ3) is 3.80. The lowest BCUT2D eigenvalue weighted by Crippen LogP contribution is -2.47. The molecule has 1 aromatic carbocycles. The fourth-order valence-corrected chi connectivity index (χ4v) is 3.87. The molecule has 4 rings (SSSR count). The lowest BCUT2D eigenvalue weighted by molar-refractivity contribution is 0.233. The minimum absolute atomic E-state index is 0.00862. The van der Waals surface area contributed by atoms with E-state index in [2.05, 4.69) is 9.88 Å². The van der Waals surface area contributed by atoms with E-state index in [-0.39, 0.29) is 6.10 Å². The normalized spacial score (nSPS) is 15.0. The fraction of sp³-hybridized carbons (Fsp3) is 0.368. The Balaban J connectivity index is 1.56. The number of nitrogens with zero attached hydrogens (tertiary/aromatic N) is 4. The Morgan fingerprint density at radius 3 is 2.33 bits per heavy atom. The van der Waals surface area contributed by atoms with Crippen LogP contribution in [0.3, 0.4) is 0 Å². The van der Waals surface area contributed by atoms with Crippen LogP contribution in [-0.2, 0) is 0 Å². The Hall–Kier alpha value is -2.48. The second kappa shape index (κ2) is 7.26. The fourth-order valence-electron chi connectivity index (χ4n) is 3.17. The minimum Gasteiger partial charge on any atom is -0.472 e. The van der Waals surface area contributed by atoms with Gasteiger partial charge in [0.05, 0.1) is 6.10 Å². The van der Waals surface area contributed by atoms with Gasteiger partial charge < -0.3 is 14.5 Å². The summed E-state index contributed by atoms with van der Waals surface area (Å²) in [5, 5.41) is 1.96. The molecule has 1 saturated heterocycles. The van der Waals surface area contributed by atoms with E-state index in [0.29, 0.717) is 37.7 Å². The van der Waals surface area contributed by atoms with E-state index < -0.39 is 11.6 Å². The van der Waals surface area contributed by atoms with Crippen LogP contribution in [0.25, 0.3) is 10.3 Å². The van der Waals surface area contributed by atoms with Crippen LogP contribution in [0, 0.1) is 11.6 Å². The summed E-state index contributed by atoms with van der Waals surface area (Å²) in [5.74, 6) is 0.132.